The van der Waals surface area contributed by atoms with Crippen LogP contribution < -0.4 is 4.74 Å². The minimum atomic E-state index is -0.438. The van der Waals surface area contributed by atoms with Crippen molar-refractivity contribution in [3.63, 3.8) is 0 Å². The predicted molar refractivity (Wildman–Crippen MR) is 128 cm³/mol. The number of rotatable bonds is 6. The maximum absolute atomic E-state index is 12.7. The molecule has 0 N–H and O–H groups in total. The Morgan fingerprint density at radius 2 is 1.84 bits per heavy atom. The molecular formula is C23H20BrClN2O4S. The molecule has 4 rings (SSSR count). The van der Waals surface area contributed by atoms with Gasteiger partial charge in [-0.2, -0.15) is 0 Å². The molecule has 2 fully saturated rings. The summed E-state index contributed by atoms with van der Waals surface area (Å²) < 4.78 is 6.57. The number of halogens is 2. The first-order valence-electron chi connectivity index (χ1n) is 10.1. The highest BCUT2D eigenvalue weighted by molar-refractivity contribution is 9.10. The van der Waals surface area contributed by atoms with Gasteiger partial charge in [-0.3, -0.25) is 19.3 Å². The molecule has 2 aliphatic heterocycles. The third-order valence-corrected chi connectivity index (χ3v) is 6.97. The first kappa shape index (κ1) is 22.9. The molecule has 0 spiro atoms. The summed E-state index contributed by atoms with van der Waals surface area (Å²) in [5, 5.41) is 0.250. The van der Waals surface area contributed by atoms with Crippen molar-refractivity contribution < 1.29 is 19.1 Å². The molecule has 0 saturated carbocycles. The third-order valence-electron chi connectivity index (χ3n) is 5.19. The number of nitrogens with zero attached hydrogens (tertiary/aromatic N) is 2. The van der Waals surface area contributed by atoms with Crippen LogP contribution in [0.25, 0.3) is 6.08 Å². The summed E-state index contributed by atoms with van der Waals surface area (Å²) in [4.78, 5) is 40.4. The molecule has 2 aromatic rings. The van der Waals surface area contributed by atoms with Gasteiger partial charge in [0.25, 0.3) is 11.1 Å². The normalized spacial score (nSPS) is 17.5. The number of hydrogen-bond acceptors (Lipinski definition) is 5. The molecule has 0 bridgehead atoms. The smallest absolute Gasteiger partial charge is 0.294 e. The molecule has 0 atom stereocenters. The predicted octanol–water partition coefficient (Wildman–Crippen LogP) is 5.34. The Labute approximate surface area is 203 Å². The topological polar surface area (TPSA) is 66.9 Å². The van der Waals surface area contributed by atoms with Crippen LogP contribution in [0, 0.1) is 0 Å². The summed E-state index contributed by atoms with van der Waals surface area (Å²) in [6, 6.07) is 12.8. The maximum atomic E-state index is 12.7. The van der Waals surface area contributed by atoms with Gasteiger partial charge in [0.2, 0.25) is 5.91 Å². The molecule has 2 saturated heterocycles. The van der Waals surface area contributed by atoms with E-state index in [1.165, 1.54) is 0 Å². The molecule has 166 valence electrons. The largest absolute Gasteiger partial charge is 0.488 e. The lowest BCUT2D eigenvalue weighted by Gasteiger charge is -2.18. The van der Waals surface area contributed by atoms with Crippen molar-refractivity contribution in [3.05, 3.63) is 68.0 Å². The van der Waals surface area contributed by atoms with Gasteiger partial charge in [0.15, 0.2) is 0 Å². The van der Waals surface area contributed by atoms with Gasteiger partial charge in [-0.25, -0.2) is 0 Å². The molecule has 2 heterocycles. The van der Waals surface area contributed by atoms with E-state index in [0.29, 0.717) is 35.4 Å². The Kier molecular flexibility index (Phi) is 7.23. The van der Waals surface area contributed by atoms with Gasteiger partial charge in [-0.05, 0) is 82.0 Å². The van der Waals surface area contributed by atoms with Crippen molar-refractivity contribution in [2.45, 2.75) is 19.4 Å². The van der Waals surface area contributed by atoms with Crippen LogP contribution in [0.3, 0.4) is 0 Å². The van der Waals surface area contributed by atoms with Crippen LogP contribution in [0.1, 0.15) is 24.0 Å². The van der Waals surface area contributed by atoms with E-state index in [4.69, 9.17) is 16.3 Å². The second-order valence-corrected chi connectivity index (χ2v) is 9.74. The van der Waals surface area contributed by atoms with E-state index in [1.807, 2.05) is 36.4 Å². The zero-order valence-corrected chi connectivity index (χ0v) is 20.2. The molecule has 2 aromatic carbocycles. The summed E-state index contributed by atoms with van der Waals surface area (Å²) in [6.45, 7) is 1.55. The van der Waals surface area contributed by atoms with Crippen molar-refractivity contribution in [1.29, 1.82) is 0 Å². The minimum absolute atomic E-state index is 0.184. The number of carbonyl (C=O) groups excluding carboxylic acids is 3. The average Bonchev–Trinajstić information content (AvgIpc) is 3.39. The van der Waals surface area contributed by atoms with Crippen LogP contribution >= 0.6 is 39.3 Å². The molecule has 0 radical (unpaired) electrons. The Hall–Kier alpha value is -2.29. The molecule has 0 unspecified atom stereocenters. The number of ether oxygens (including phenoxy) is 1. The van der Waals surface area contributed by atoms with E-state index in [1.54, 1.807) is 17.0 Å². The van der Waals surface area contributed by atoms with Crippen molar-refractivity contribution >= 4 is 62.4 Å². The summed E-state index contributed by atoms with van der Waals surface area (Å²) in [5.41, 5.74) is 1.73. The van der Waals surface area contributed by atoms with Crippen LogP contribution in [0.15, 0.2) is 51.8 Å². The second-order valence-electron chi connectivity index (χ2n) is 7.46. The van der Waals surface area contributed by atoms with E-state index >= 15 is 0 Å². The highest BCUT2D eigenvalue weighted by atomic mass is 79.9. The van der Waals surface area contributed by atoms with Crippen molar-refractivity contribution in [3.8, 4) is 5.75 Å². The summed E-state index contributed by atoms with van der Waals surface area (Å²) in [6.07, 6.45) is 3.57. The van der Waals surface area contributed by atoms with Crippen LogP contribution in [-0.2, 0) is 16.2 Å². The van der Waals surface area contributed by atoms with E-state index in [0.717, 1.165) is 45.1 Å². The highest BCUT2D eigenvalue weighted by Crippen LogP contribution is 2.34. The zero-order valence-electron chi connectivity index (χ0n) is 17.1. The summed E-state index contributed by atoms with van der Waals surface area (Å²) >= 11 is 10.2. The Balaban J connectivity index is 1.41. The highest BCUT2D eigenvalue weighted by Gasteiger charge is 2.37. The molecule has 32 heavy (non-hydrogen) atoms. The zero-order chi connectivity index (χ0) is 22.7. The molecule has 9 heteroatoms. The van der Waals surface area contributed by atoms with Crippen molar-refractivity contribution in [2.75, 3.05) is 19.6 Å². The Morgan fingerprint density at radius 1 is 1.12 bits per heavy atom. The fourth-order valence-electron chi connectivity index (χ4n) is 3.46. The van der Waals surface area contributed by atoms with Crippen LogP contribution in [-0.4, -0.2) is 46.5 Å². The lowest BCUT2D eigenvalue weighted by Crippen LogP contribution is -2.40. The van der Waals surface area contributed by atoms with Crippen molar-refractivity contribution in [1.82, 2.24) is 9.80 Å². The Bertz CT molecular complexity index is 1080. The Morgan fingerprint density at radius 3 is 2.53 bits per heavy atom. The molecular weight excluding hydrogens is 516 g/mol. The number of likely N-dealkylation sites (tertiary alicyclic amines) is 1. The van der Waals surface area contributed by atoms with E-state index in [2.05, 4.69) is 15.9 Å². The van der Waals surface area contributed by atoms with Gasteiger partial charge in [0.1, 0.15) is 18.9 Å². The monoisotopic (exact) mass is 534 g/mol. The molecule has 0 aliphatic carbocycles. The fraction of sp³-hybridized carbons (Fsp3) is 0.261. The molecule has 3 amide bonds. The van der Waals surface area contributed by atoms with E-state index in [-0.39, 0.29) is 12.5 Å². The number of thioether (sulfide) groups is 1. The van der Waals surface area contributed by atoms with Gasteiger partial charge in [-0.15, -0.1) is 0 Å². The van der Waals surface area contributed by atoms with Gasteiger partial charge in [0, 0.05) is 18.1 Å². The first-order chi connectivity index (χ1) is 15.4. The summed E-state index contributed by atoms with van der Waals surface area (Å²) in [5.74, 6) is 0.0316. The average molecular weight is 536 g/mol. The third kappa shape index (κ3) is 5.36. The van der Waals surface area contributed by atoms with E-state index in [9.17, 15) is 14.4 Å². The van der Waals surface area contributed by atoms with Crippen molar-refractivity contribution in [2.24, 2.45) is 0 Å². The lowest BCUT2D eigenvalue weighted by atomic mass is 10.2. The number of imide groups is 1. The second kappa shape index (κ2) is 10.1. The fourth-order valence-corrected chi connectivity index (χ4v) is 4.93. The van der Waals surface area contributed by atoms with Gasteiger partial charge < -0.3 is 9.64 Å². The molecule has 0 aromatic heterocycles. The van der Waals surface area contributed by atoms with Gasteiger partial charge in [0.05, 0.1) is 9.38 Å². The maximum Gasteiger partial charge on any atom is 0.294 e. The number of carbonyl (C=O) groups is 3. The van der Waals surface area contributed by atoms with Gasteiger partial charge >= 0.3 is 0 Å². The first-order valence-corrected chi connectivity index (χ1v) is 12.1. The number of benzene rings is 2. The van der Waals surface area contributed by atoms with Gasteiger partial charge in [-0.1, -0.05) is 29.8 Å². The lowest BCUT2D eigenvalue weighted by molar-refractivity contribution is -0.135. The standard InChI is InChI=1S/C23H20BrClN2O4S/c24-18-11-16(5-8-19(18)31-14-15-3-6-17(25)7-4-15)12-20-22(29)27(23(30)32-20)13-21(28)26-9-1-2-10-26/h3-8,11-12H,1-2,9-10,13-14H2/b20-12-. The molecule has 6 nitrogen and oxygen atoms in total. The number of amides is 3. The van der Waals surface area contributed by atoms with Crippen LogP contribution in [0.5, 0.6) is 5.75 Å². The van der Waals surface area contributed by atoms with Crippen LogP contribution in [0.2, 0.25) is 5.02 Å². The van der Waals surface area contributed by atoms with Crippen LogP contribution in [0.4, 0.5) is 4.79 Å². The number of hydrogen-bond donors (Lipinski definition) is 0. The summed E-state index contributed by atoms with van der Waals surface area (Å²) in [7, 11) is 0. The van der Waals surface area contributed by atoms with E-state index < -0.39 is 11.1 Å². The molecule has 2 aliphatic rings. The SMILES string of the molecule is O=C(CN1C(=O)S/C(=C\c2ccc(OCc3ccc(Cl)cc3)c(Br)c2)C1=O)N1CCCC1. The quantitative estimate of drug-likeness (QED) is 0.467. The minimum Gasteiger partial charge on any atom is -0.488 e.